The molecule has 1 aromatic carbocycles. The number of rotatable bonds is 6. The summed E-state index contributed by atoms with van der Waals surface area (Å²) < 4.78 is 0. The quantitative estimate of drug-likeness (QED) is 0.831. The van der Waals surface area contributed by atoms with Crippen LogP contribution in [-0.4, -0.2) is 17.8 Å². The summed E-state index contributed by atoms with van der Waals surface area (Å²) in [4.78, 5) is 0. The maximum atomic E-state index is 9.94. The van der Waals surface area contributed by atoms with Crippen molar-refractivity contribution in [2.45, 2.75) is 65.0 Å². The zero-order chi connectivity index (χ0) is 14.5. The minimum absolute atomic E-state index is 0.241. The highest BCUT2D eigenvalue weighted by Crippen LogP contribution is 2.24. The Morgan fingerprint density at radius 2 is 1.80 bits per heavy atom. The van der Waals surface area contributed by atoms with Gasteiger partial charge in [0, 0.05) is 12.6 Å². The van der Waals surface area contributed by atoms with Gasteiger partial charge in [-0.3, -0.25) is 0 Å². The van der Waals surface area contributed by atoms with Crippen LogP contribution in [-0.2, 0) is 12.8 Å². The first-order chi connectivity index (χ1) is 9.56. The summed E-state index contributed by atoms with van der Waals surface area (Å²) in [5.74, 6) is 0.547. The SMILES string of the molecule is CC(C)CC(O)CNC(C)c1ccc2c(c1)CCCC2. The highest BCUT2D eigenvalue weighted by atomic mass is 16.3. The summed E-state index contributed by atoms with van der Waals surface area (Å²) in [6.45, 7) is 7.16. The Morgan fingerprint density at radius 1 is 1.10 bits per heavy atom. The second-order valence-corrected chi connectivity index (χ2v) is 6.65. The third kappa shape index (κ3) is 4.32. The van der Waals surface area contributed by atoms with Crippen LogP contribution in [0.1, 0.15) is 62.8 Å². The molecule has 0 heterocycles. The Morgan fingerprint density at radius 3 is 2.50 bits per heavy atom. The van der Waals surface area contributed by atoms with Gasteiger partial charge in [-0.2, -0.15) is 0 Å². The van der Waals surface area contributed by atoms with Crippen LogP contribution in [0.15, 0.2) is 18.2 Å². The normalized spacial score (nSPS) is 17.9. The van der Waals surface area contributed by atoms with Crippen molar-refractivity contribution in [2.24, 2.45) is 5.92 Å². The van der Waals surface area contributed by atoms with Crippen LogP contribution in [0.3, 0.4) is 0 Å². The number of aliphatic hydroxyl groups is 1. The van der Waals surface area contributed by atoms with Gasteiger partial charge < -0.3 is 10.4 Å². The molecule has 20 heavy (non-hydrogen) atoms. The summed E-state index contributed by atoms with van der Waals surface area (Å²) in [5, 5.41) is 13.4. The minimum atomic E-state index is -0.241. The van der Waals surface area contributed by atoms with Crippen molar-refractivity contribution in [2.75, 3.05) is 6.54 Å². The predicted molar refractivity (Wildman–Crippen MR) is 85.0 cm³/mol. The van der Waals surface area contributed by atoms with Gasteiger partial charge in [-0.05, 0) is 61.6 Å². The average Bonchev–Trinajstić information content (AvgIpc) is 2.43. The van der Waals surface area contributed by atoms with E-state index in [9.17, 15) is 5.11 Å². The maximum absolute atomic E-state index is 9.94. The summed E-state index contributed by atoms with van der Waals surface area (Å²) in [6, 6.07) is 7.22. The number of aliphatic hydroxyl groups excluding tert-OH is 1. The van der Waals surface area contributed by atoms with Gasteiger partial charge in [0.2, 0.25) is 0 Å². The second-order valence-electron chi connectivity index (χ2n) is 6.65. The van der Waals surface area contributed by atoms with E-state index in [0.29, 0.717) is 18.5 Å². The van der Waals surface area contributed by atoms with E-state index in [1.54, 1.807) is 0 Å². The highest BCUT2D eigenvalue weighted by Gasteiger charge is 2.13. The average molecular weight is 275 g/mol. The van der Waals surface area contributed by atoms with Crippen molar-refractivity contribution < 1.29 is 5.11 Å². The second kappa shape index (κ2) is 7.24. The van der Waals surface area contributed by atoms with Crippen LogP contribution in [0.25, 0.3) is 0 Å². The van der Waals surface area contributed by atoms with Crippen LogP contribution >= 0.6 is 0 Å². The fourth-order valence-electron chi connectivity index (χ4n) is 3.08. The summed E-state index contributed by atoms with van der Waals surface area (Å²) in [7, 11) is 0. The van der Waals surface area contributed by atoms with Gasteiger partial charge in [0.1, 0.15) is 0 Å². The van der Waals surface area contributed by atoms with Crippen LogP contribution in [0.5, 0.6) is 0 Å². The van der Waals surface area contributed by atoms with Crippen molar-refractivity contribution in [1.82, 2.24) is 5.32 Å². The Balaban J connectivity index is 1.90. The first-order valence-corrected chi connectivity index (χ1v) is 8.09. The van der Waals surface area contributed by atoms with Crippen molar-refractivity contribution in [1.29, 1.82) is 0 Å². The molecule has 0 spiro atoms. The summed E-state index contributed by atoms with van der Waals surface area (Å²) in [5.41, 5.74) is 4.42. The molecule has 1 aliphatic rings. The summed E-state index contributed by atoms with van der Waals surface area (Å²) >= 11 is 0. The molecular formula is C18H29NO. The van der Waals surface area contributed by atoms with E-state index in [1.165, 1.54) is 42.4 Å². The Labute approximate surface area is 123 Å². The molecule has 0 saturated carbocycles. The molecule has 0 aromatic heterocycles. The minimum Gasteiger partial charge on any atom is -0.392 e. The lowest BCUT2D eigenvalue weighted by Crippen LogP contribution is -2.30. The zero-order valence-corrected chi connectivity index (χ0v) is 13.2. The molecule has 0 fully saturated rings. The molecule has 2 atom stereocenters. The Kier molecular flexibility index (Phi) is 5.62. The lowest BCUT2D eigenvalue weighted by atomic mass is 9.89. The molecule has 0 aliphatic heterocycles. The number of aryl methyl sites for hydroxylation is 2. The number of hydrogen-bond acceptors (Lipinski definition) is 2. The number of nitrogens with one attached hydrogen (secondary N) is 1. The predicted octanol–water partition coefficient (Wildman–Crippen LogP) is 3.62. The van der Waals surface area contributed by atoms with E-state index in [4.69, 9.17) is 0 Å². The van der Waals surface area contributed by atoms with Gasteiger partial charge in [-0.25, -0.2) is 0 Å². The van der Waals surface area contributed by atoms with E-state index >= 15 is 0 Å². The van der Waals surface area contributed by atoms with Crippen LogP contribution in [0.2, 0.25) is 0 Å². The van der Waals surface area contributed by atoms with Crippen molar-refractivity contribution in [3.05, 3.63) is 34.9 Å². The van der Waals surface area contributed by atoms with Gasteiger partial charge in [-0.15, -0.1) is 0 Å². The topological polar surface area (TPSA) is 32.3 Å². The third-order valence-electron chi connectivity index (χ3n) is 4.28. The number of benzene rings is 1. The number of fused-ring (bicyclic) bond motifs is 1. The third-order valence-corrected chi connectivity index (χ3v) is 4.28. The standard InChI is InChI=1S/C18H29NO/c1-13(2)10-18(20)12-19-14(3)16-9-8-15-6-4-5-7-17(15)11-16/h8-9,11,13-14,18-20H,4-7,10,12H2,1-3H3. The van der Waals surface area contributed by atoms with E-state index in [1.807, 2.05) is 0 Å². The molecule has 0 amide bonds. The fourth-order valence-corrected chi connectivity index (χ4v) is 3.08. The molecule has 2 rings (SSSR count). The van der Waals surface area contributed by atoms with Gasteiger partial charge in [0.25, 0.3) is 0 Å². The molecule has 2 nitrogen and oxygen atoms in total. The van der Waals surface area contributed by atoms with Crippen molar-refractivity contribution >= 4 is 0 Å². The van der Waals surface area contributed by atoms with Crippen LogP contribution < -0.4 is 5.32 Å². The summed E-state index contributed by atoms with van der Waals surface area (Å²) in [6.07, 6.45) is 5.75. The van der Waals surface area contributed by atoms with E-state index < -0.39 is 0 Å². The first kappa shape index (κ1) is 15.5. The number of hydrogen-bond donors (Lipinski definition) is 2. The lowest BCUT2D eigenvalue weighted by molar-refractivity contribution is 0.143. The molecule has 112 valence electrons. The van der Waals surface area contributed by atoms with E-state index in [2.05, 4.69) is 44.3 Å². The Hall–Kier alpha value is -0.860. The lowest BCUT2D eigenvalue weighted by Gasteiger charge is -2.21. The van der Waals surface area contributed by atoms with Crippen LogP contribution in [0, 0.1) is 5.92 Å². The molecular weight excluding hydrogens is 246 g/mol. The molecule has 0 radical (unpaired) electrons. The van der Waals surface area contributed by atoms with Crippen molar-refractivity contribution in [3.63, 3.8) is 0 Å². The molecule has 0 bridgehead atoms. The van der Waals surface area contributed by atoms with Gasteiger partial charge in [0.15, 0.2) is 0 Å². The van der Waals surface area contributed by atoms with Gasteiger partial charge in [0.05, 0.1) is 6.10 Å². The van der Waals surface area contributed by atoms with Gasteiger partial charge in [-0.1, -0.05) is 32.0 Å². The fraction of sp³-hybridized carbons (Fsp3) is 0.667. The maximum Gasteiger partial charge on any atom is 0.0667 e. The zero-order valence-electron chi connectivity index (χ0n) is 13.2. The molecule has 1 aromatic rings. The van der Waals surface area contributed by atoms with E-state index in [-0.39, 0.29) is 6.10 Å². The molecule has 2 heteroatoms. The van der Waals surface area contributed by atoms with E-state index in [0.717, 1.165) is 6.42 Å². The highest BCUT2D eigenvalue weighted by molar-refractivity contribution is 5.35. The van der Waals surface area contributed by atoms with Gasteiger partial charge >= 0.3 is 0 Å². The smallest absolute Gasteiger partial charge is 0.0667 e. The largest absolute Gasteiger partial charge is 0.392 e. The Bertz CT molecular complexity index is 427. The molecule has 1 aliphatic carbocycles. The molecule has 2 N–H and O–H groups in total. The van der Waals surface area contributed by atoms with Crippen LogP contribution in [0.4, 0.5) is 0 Å². The first-order valence-electron chi connectivity index (χ1n) is 8.09. The monoisotopic (exact) mass is 275 g/mol. The molecule has 0 saturated heterocycles. The van der Waals surface area contributed by atoms with Crippen molar-refractivity contribution in [3.8, 4) is 0 Å². The molecule has 2 unspecified atom stereocenters.